The number of hydrogen-bond acceptors (Lipinski definition) is 4. The average molecular weight is 372 g/mol. The maximum atomic E-state index is 12.6. The lowest BCUT2D eigenvalue weighted by Gasteiger charge is -2.23. The lowest BCUT2D eigenvalue weighted by atomic mass is 10.3. The summed E-state index contributed by atoms with van der Waals surface area (Å²) in [5.74, 6) is 0.738. The number of hydrogen-bond donors (Lipinski definition) is 2. The molecule has 136 valence electrons. The van der Waals surface area contributed by atoms with E-state index in [1.165, 1.54) is 16.2 Å². The number of nitrogens with one attached hydrogen (secondary N) is 1. The molecule has 4 rings (SSSR count). The van der Waals surface area contributed by atoms with Crippen LogP contribution >= 0.6 is 11.3 Å². The van der Waals surface area contributed by atoms with Crippen molar-refractivity contribution in [2.45, 2.75) is 13.1 Å². The third kappa shape index (κ3) is 3.38. The quantitative estimate of drug-likeness (QED) is 0.485. The van der Waals surface area contributed by atoms with Gasteiger partial charge in [0.15, 0.2) is 0 Å². The summed E-state index contributed by atoms with van der Waals surface area (Å²) >= 11 is 1.47. The summed E-state index contributed by atoms with van der Waals surface area (Å²) in [5, 5.41) is 1.93. The molecule has 3 N–H and O–H groups in total. The van der Waals surface area contributed by atoms with Crippen LogP contribution in [0.3, 0.4) is 0 Å². The number of imidazole rings is 1. The van der Waals surface area contributed by atoms with Crippen LogP contribution in [-0.2, 0) is 17.8 Å². The van der Waals surface area contributed by atoms with Gasteiger partial charge in [0.2, 0.25) is 5.78 Å². The second-order valence-corrected chi connectivity index (χ2v) is 7.55. The Bertz CT molecular complexity index is 898. The first kappa shape index (κ1) is 17.2. The first-order valence-corrected chi connectivity index (χ1v) is 9.86. The Morgan fingerprint density at radius 2 is 2.04 bits per heavy atom. The zero-order valence-corrected chi connectivity index (χ0v) is 15.5. The van der Waals surface area contributed by atoms with Crippen molar-refractivity contribution in [3.63, 3.8) is 0 Å². The molecule has 1 saturated heterocycles. The standard InChI is InChI=1S/C19H22N4O2S/c20-19-22(8-7-21-9-11-25-12-10-21)15-4-1-2-5-16(15)23(19)14-17(24)18-6-3-13-26-18/h1-6,13,20H,7-12,14H2/p+2. The van der Waals surface area contributed by atoms with Gasteiger partial charge in [-0.3, -0.25) is 10.5 Å². The van der Waals surface area contributed by atoms with Crippen LogP contribution in [0.1, 0.15) is 9.67 Å². The minimum atomic E-state index is 0.0957. The van der Waals surface area contributed by atoms with Crippen LogP contribution in [0.5, 0.6) is 0 Å². The summed E-state index contributed by atoms with van der Waals surface area (Å²) in [6.07, 6.45) is 0. The molecule has 7 heteroatoms. The number of para-hydroxylation sites is 2. The number of fused-ring (bicyclic) bond motifs is 1. The lowest BCUT2D eigenvalue weighted by Crippen LogP contribution is -3.14. The van der Waals surface area contributed by atoms with Crippen LogP contribution in [0.15, 0.2) is 41.8 Å². The average Bonchev–Trinajstić information content (AvgIpc) is 3.29. The number of aromatic nitrogens is 2. The lowest BCUT2D eigenvalue weighted by molar-refractivity contribution is -0.908. The van der Waals surface area contributed by atoms with Crippen molar-refractivity contribution < 1.29 is 19.0 Å². The molecule has 0 spiro atoms. The molecule has 0 atom stereocenters. The monoisotopic (exact) mass is 372 g/mol. The summed E-state index contributed by atoms with van der Waals surface area (Å²) in [6, 6.07) is 11.9. The SMILES string of the molecule is Nc1n(CC[NH+]2CCOCC2)c2ccccc2[n+]1CC(=O)c1cccs1. The molecule has 6 nitrogen and oxygen atoms in total. The van der Waals surface area contributed by atoms with Crippen LogP contribution in [0.4, 0.5) is 5.95 Å². The van der Waals surface area contributed by atoms with Crippen LogP contribution < -0.4 is 15.2 Å². The molecule has 0 unspecified atom stereocenters. The number of carbonyl (C=O) groups excluding carboxylic acids is 1. The van der Waals surface area contributed by atoms with E-state index in [0.29, 0.717) is 5.95 Å². The molecule has 0 bridgehead atoms. The number of nitrogens with zero attached hydrogens (tertiary/aromatic N) is 2. The highest BCUT2D eigenvalue weighted by molar-refractivity contribution is 7.12. The molecule has 0 amide bonds. The van der Waals surface area contributed by atoms with E-state index in [1.54, 1.807) is 0 Å². The number of rotatable bonds is 6. The van der Waals surface area contributed by atoms with Gasteiger partial charge in [-0.1, -0.05) is 18.2 Å². The Morgan fingerprint density at radius 1 is 1.23 bits per heavy atom. The minimum Gasteiger partial charge on any atom is -0.370 e. The van der Waals surface area contributed by atoms with Gasteiger partial charge in [0.25, 0.3) is 0 Å². The normalized spacial score (nSPS) is 15.5. The van der Waals surface area contributed by atoms with E-state index in [1.807, 2.05) is 40.3 Å². The van der Waals surface area contributed by atoms with E-state index >= 15 is 0 Å². The minimum absolute atomic E-state index is 0.0957. The van der Waals surface area contributed by atoms with E-state index in [0.717, 1.165) is 55.3 Å². The highest BCUT2D eigenvalue weighted by atomic mass is 32.1. The number of ether oxygens (including phenoxy) is 1. The maximum absolute atomic E-state index is 12.6. The highest BCUT2D eigenvalue weighted by Crippen LogP contribution is 2.17. The van der Waals surface area contributed by atoms with Gasteiger partial charge in [-0.25, -0.2) is 9.13 Å². The number of ketones is 1. The molecule has 0 radical (unpaired) electrons. The first-order valence-electron chi connectivity index (χ1n) is 8.98. The van der Waals surface area contributed by atoms with Crippen LogP contribution in [0, 0.1) is 0 Å². The van der Waals surface area contributed by atoms with E-state index in [9.17, 15) is 4.79 Å². The van der Waals surface area contributed by atoms with Gasteiger partial charge < -0.3 is 9.64 Å². The topological polar surface area (TPSA) is 65.6 Å². The van der Waals surface area contributed by atoms with E-state index < -0.39 is 0 Å². The number of anilines is 1. The van der Waals surface area contributed by atoms with Gasteiger partial charge in [-0.15, -0.1) is 11.3 Å². The molecule has 3 aromatic rings. The van der Waals surface area contributed by atoms with E-state index in [-0.39, 0.29) is 12.3 Å². The van der Waals surface area contributed by atoms with E-state index in [2.05, 4.69) is 10.6 Å². The fourth-order valence-electron chi connectivity index (χ4n) is 3.55. The number of quaternary nitrogens is 1. The summed E-state index contributed by atoms with van der Waals surface area (Å²) < 4.78 is 9.51. The van der Waals surface area contributed by atoms with Gasteiger partial charge in [0, 0.05) is 0 Å². The molecule has 1 aliphatic heterocycles. The molecule has 0 saturated carbocycles. The smallest absolute Gasteiger partial charge is 0.356 e. The third-order valence-electron chi connectivity index (χ3n) is 5.00. The molecule has 0 aliphatic carbocycles. The van der Waals surface area contributed by atoms with Gasteiger partial charge >= 0.3 is 5.95 Å². The highest BCUT2D eigenvalue weighted by Gasteiger charge is 2.24. The fourth-order valence-corrected chi connectivity index (χ4v) is 4.21. The van der Waals surface area contributed by atoms with Crippen LogP contribution in [0.2, 0.25) is 0 Å². The van der Waals surface area contributed by atoms with Crippen molar-refractivity contribution in [2.24, 2.45) is 0 Å². The molecular weight excluding hydrogens is 348 g/mol. The van der Waals surface area contributed by atoms with Crippen molar-refractivity contribution in [3.8, 4) is 0 Å². The van der Waals surface area contributed by atoms with Crippen molar-refractivity contribution in [2.75, 3.05) is 38.6 Å². The van der Waals surface area contributed by atoms with Crippen LogP contribution in [-0.4, -0.2) is 43.2 Å². The second kappa shape index (κ2) is 7.57. The summed E-state index contributed by atoms with van der Waals surface area (Å²) in [6.45, 7) is 5.84. The Hall–Kier alpha value is -2.22. The van der Waals surface area contributed by atoms with E-state index in [4.69, 9.17) is 10.5 Å². The summed E-state index contributed by atoms with van der Waals surface area (Å²) in [7, 11) is 0. The Labute approximate surface area is 156 Å². The molecular formula is C19H24N4O2S+2. The molecule has 3 heterocycles. The first-order chi connectivity index (χ1) is 12.7. The largest absolute Gasteiger partial charge is 0.370 e. The Balaban J connectivity index is 1.61. The predicted octanol–water partition coefficient (Wildman–Crippen LogP) is 0.371. The van der Waals surface area contributed by atoms with Crippen LogP contribution in [0.25, 0.3) is 11.0 Å². The number of Topliss-reactive ketones (excluding diaryl/α,β-unsaturated/α-hetero) is 1. The van der Waals surface area contributed by atoms with Gasteiger partial charge in [-0.2, -0.15) is 0 Å². The molecule has 1 aliphatic rings. The van der Waals surface area contributed by atoms with Gasteiger partial charge in [0.1, 0.15) is 43.8 Å². The number of thiophene rings is 1. The molecule has 26 heavy (non-hydrogen) atoms. The maximum Gasteiger partial charge on any atom is 0.356 e. The van der Waals surface area contributed by atoms with Gasteiger partial charge in [-0.05, 0) is 23.6 Å². The Kier molecular flexibility index (Phi) is 5.01. The number of benzene rings is 1. The van der Waals surface area contributed by atoms with Crippen molar-refractivity contribution in [1.29, 1.82) is 0 Å². The molecule has 1 fully saturated rings. The summed E-state index contributed by atoms with van der Waals surface area (Å²) in [4.78, 5) is 14.9. The van der Waals surface area contributed by atoms with Gasteiger partial charge in [0.05, 0.1) is 18.1 Å². The fraction of sp³-hybridized carbons (Fsp3) is 0.368. The zero-order valence-electron chi connectivity index (χ0n) is 14.7. The Morgan fingerprint density at radius 3 is 2.81 bits per heavy atom. The zero-order chi connectivity index (χ0) is 17.9. The second-order valence-electron chi connectivity index (χ2n) is 6.60. The third-order valence-corrected chi connectivity index (χ3v) is 5.91. The van der Waals surface area contributed by atoms with Crippen molar-refractivity contribution >= 4 is 34.1 Å². The predicted molar refractivity (Wildman–Crippen MR) is 102 cm³/mol. The summed E-state index contributed by atoms with van der Waals surface area (Å²) in [5.41, 5.74) is 8.56. The number of morpholine rings is 1. The molecule has 1 aromatic carbocycles. The van der Waals surface area contributed by atoms with Crippen molar-refractivity contribution in [3.05, 3.63) is 46.7 Å². The number of carbonyl (C=O) groups is 1. The molecule has 2 aromatic heterocycles. The van der Waals surface area contributed by atoms with Crippen molar-refractivity contribution in [1.82, 2.24) is 4.57 Å². The number of nitrogens with two attached hydrogens (primary N) is 1. The number of nitrogen functional groups attached to an aromatic ring is 1.